The summed E-state index contributed by atoms with van der Waals surface area (Å²) in [6.07, 6.45) is 71.7. The molecule has 1 aliphatic heterocycles. The van der Waals surface area contributed by atoms with Crippen molar-refractivity contribution < 1.29 is 58.2 Å². The predicted molar refractivity (Wildman–Crippen MR) is 358 cm³/mol. The van der Waals surface area contributed by atoms with Gasteiger partial charge in [-0.05, 0) is 128 Å². The molecule has 1 aliphatic rings. The van der Waals surface area contributed by atoms with Crippen LogP contribution in [0.4, 0.5) is 0 Å². The largest absolute Gasteiger partial charge is 0.479 e. The molecule has 0 aliphatic carbocycles. The van der Waals surface area contributed by atoms with E-state index in [1.807, 2.05) is 0 Å². The monoisotopic (exact) mass is 1220 g/mol. The first kappa shape index (κ1) is 80.4. The van der Waals surface area contributed by atoms with Crippen molar-refractivity contribution in [3.8, 4) is 0 Å². The number of ether oxygens (including phenoxy) is 5. The lowest BCUT2D eigenvalue weighted by Crippen LogP contribution is -2.61. The van der Waals surface area contributed by atoms with Crippen LogP contribution in [0.1, 0.15) is 290 Å². The molecule has 496 valence electrons. The van der Waals surface area contributed by atoms with Crippen LogP contribution < -0.4 is 0 Å². The smallest absolute Gasteiger partial charge is 0.335 e. The molecule has 0 spiro atoms. The Morgan fingerprint density at radius 3 is 1.10 bits per heavy atom. The van der Waals surface area contributed by atoms with E-state index in [0.29, 0.717) is 19.3 Å². The highest BCUT2D eigenvalue weighted by Gasteiger charge is 2.50. The van der Waals surface area contributed by atoms with E-state index in [0.717, 1.165) is 161 Å². The molecule has 1 rings (SSSR count). The normalized spacial score (nSPS) is 18.0. The summed E-state index contributed by atoms with van der Waals surface area (Å²) in [5.41, 5.74) is 0. The molecule has 87 heavy (non-hydrogen) atoms. The first-order valence-corrected chi connectivity index (χ1v) is 34.9. The third kappa shape index (κ3) is 50.9. The maximum atomic E-state index is 13.3. The highest BCUT2D eigenvalue weighted by molar-refractivity contribution is 5.74. The summed E-state index contributed by atoms with van der Waals surface area (Å²) in [5, 5.41) is 31.7. The molecular formula is C75H124O12. The molecule has 3 N–H and O–H groups in total. The van der Waals surface area contributed by atoms with Gasteiger partial charge in [-0.1, -0.05) is 252 Å². The minimum Gasteiger partial charge on any atom is -0.479 e. The fourth-order valence-corrected chi connectivity index (χ4v) is 9.99. The summed E-state index contributed by atoms with van der Waals surface area (Å²) in [6, 6.07) is 0. The number of hydrogen-bond donors (Lipinski definition) is 3. The number of allylic oxidation sites excluding steroid dienone is 18. The van der Waals surface area contributed by atoms with Crippen molar-refractivity contribution in [3.63, 3.8) is 0 Å². The van der Waals surface area contributed by atoms with E-state index in [4.69, 9.17) is 23.7 Å². The molecule has 1 saturated heterocycles. The Hall–Kier alpha value is -4.62. The van der Waals surface area contributed by atoms with Gasteiger partial charge in [0.05, 0.1) is 6.61 Å². The molecule has 6 unspecified atom stereocenters. The Morgan fingerprint density at radius 1 is 0.391 bits per heavy atom. The van der Waals surface area contributed by atoms with Gasteiger partial charge >= 0.3 is 23.9 Å². The Balaban J connectivity index is 2.67. The molecule has 1 fully saturated rings. The van der Waals surface area contributed by atoms with Crippen LogP contribution in [0.3, 0.4) is 0 Å². The van der Waals surface area contributed by atoms with Crippen molar-refractivity contribution in [3.05, 3.63) is 109 Å². The molecule has 0 aromatic rings. The number of unbranched alkanes of at least 4 members (excludes halogenated alkanes) is 27. The molecule has 0 amide bonds. The van der Waals surface area contributed by atoms with Gasteiger partial charge < -0.3 is 39.0 Å². The minimum atomic E-state index is -1.92. The van der Waals surface area contributed by atoms with Crippen molar-refractivity contribution in [1.29, 1.82) is 0 Å². The lowest BCUT2D eigenvalue weighted by atomic mass is 9.98. The molecule has 6 atom stereocenters. The Kier molecular flexibility index (Phi) is 56.9. The van der Waals surface area contributed by atoms with E-state index in [9.17, 15) is 34.5 Å². The van der Waals surface area contributed by atoms with Crippen molar-refractivity contribution in [2.75, 3.05) is 13.2 Å². The predicted octanol–water partition coefficient (Wildman–Crippen LogP) is 19.4. The van der Waals surface area contributed by atoms with Crippen LogP contribution in [0.15, 0.2) is 109 Å². The van der Waals surface area contributed by atoms with E-state index in [2.05, 4.69) is 130 Å². The van der Waals surface area contributed by atoms with Gasteiger partial charge in [0.2, 0.25) is 0 Å². The fourth-order valence-electron chi connectivity index (χ4n) is 9.99. The summed E-state index contributed by atoms with van der Waals surface area (Å²) >= 11 is 0. The van der Waals surface area contributed by atoms with E-state index >= 15 is 0 Å². The zero-order valence-electron chi connectivity index (χ0n) is 55.0. The van der Waals surface area contributed by atoms with Gasteiger partial charge in [0.25, 0.3) is 0 Å². The number of aliphatic carboxylic acids is 1. The summed E-state index contributed by atoms with van der Waals surface area (Å²) in [6.45, 7) is 5.84. The molecule has 0 radical (unpaired) electrons. The zero-order chi connectivity index (χ0) is 63.1. The standard InChI is InChI=1S/C75H124O12/c1-4-7-10-13-16-19-22-25-28-31-34-37-40-43-46-49-52-55-58-61-67(76)83-64-66(85-68(77)62-59-56-53-50-47-44-41-38-35-32-29-26-23-20-17-14-11-8-5-2)65-84-75-73(71(80)70(79)72(87-75)74(81)82)86-69(78)63-60-57-54-51-48-45-42-39-36-33-30-27-24-21-18-15-12-9-6-3/h7,10,16-21,25-30,34,36-37,39,66,70-73,75,79-80H,4-6,8-9,11-15,22-24,31-33,35,38,40-65H2,1-3H3,(H,81,82)/b10-7-,19-16-,20-17-,21-18-,28-25-,29-26-,30-27-,37-34-,39-36-. The fraction of sp³-hybridized carbons (Fsp3) is 0.707. The van der Waals surface area contributed by atoms with Crippen molar-refractivity contribution in [2.45, 2.75) is 327 Å². The second-order valence-electron chi connectivity index (χ2n) is 23.4. The van der Waals surface area contributed by atoms with E-state index in [1.165, 1.54) is 70.6 Å². The minimum absolute atomic E-state index is 0.0398. The summed E-state index contributed by atoms with van der Waals surface area (Å²) in [7, 11) is 0. The van der Waals surface area contributed by atoms with E-state index in [-0.39, 0.29) is 25.9 Å². The quantitative estimate of drug-likeness (QED) is 0.0228. The maximum absolute atomic E-state index is 13.3. The van der Waals surface area contributed by atoms with Crippen LogP contribution in [0.5, 0.6) is 0 Å². The van der Waals surface area contributed by atoms with Crippen LogP contribution >= 0.6 is 0 Å². The van der Waals surface area contributed by atoms with E-state index in [1.54, 1.807) is 0 Å². The Labute approximate surface area is 529 Å². The van der Waals surface area contributed by atoms with Gasteiger partial charge in [-0.15, -0.1) is 0 Å². The third-order valence-electron chi connectivity index (χ3n) is 15.3. The molecule has 12 heteroatoms. The first-order chi connectivity index (χ1) is 42.6. The van der Waals surface area contributed by atoms with Gasteiger partial charge in [-0.25, -0.2) is 4.79 Å². The van der Waals surface area contributed by atoms with Gasteiger partial charge in [0.1, 0.15) is 18.8 Å². The number of rotatable bonds is 59. The second kappa shape index (κ2) is 61.6. The zero-order valence-corrected chi connectivity index (χ0v) is 55.0. The highest BCUT2D eigenvalue weighted by Crippen LogP contribution is 2.27. The number of carboxylic acids is 1. The summed E-state index contributed by atoms with van der Waals surface area (Å²) in [5.74, 6) is -3.16. The van der Waals surface area contributed by atoms with Crippen molar-refractivity contribution >= 4 is 23.9 Å². The number of carbonyl (C=O) groups excluding carboxylic acids is 3. The van der Waals surface area contributed by atoms with Crippen LogP contribution in [0.25, 0.3) is 0 Å². The van der Waals surface area contributed by atoms with E-state index < -0.39 is 67.3 Å². The van der Waals surface area contributed by atoms with Gasteiger partial charge in [0.15, 0.2) is 24.6 Å². The molecule has 0 aromatic carbocycles. The second-order valence-corrected chi connectivity index (χ2v) is 23.4. The van der Waals surface area contributed by atoms with Crippen molar-refractivity contribution in [1.82, 2.24) is 0 Å². The number of carboxylic acid groups (broad SMARTS) is 1. The van der Waals surface area contributed by atoms with Crippen LogP contribution in [0, 0.1) is 0 Å². The number of aliphatic hydroxyl groups is 2. The van der Waals surface area contributed by atoms with Gasteiger partial charge in [-0.3, -0.25) is 14.4 Å². The maximum Gasteiger partial charge on any atom is 0.335 e. The number of aliphatic hydroxyl groups excluding tert-OH is 2. The molecular weight excluding hydrogens is 1090 g/mol. The topological polar surface area (TPSA) is 175 Å². The first-order valence-electron chi connectivity index (χ1n) is 34.9. The lowest BCUT2D eigenvalue weighted by molar-refractivity contribution is -0.301. The molecule has 12 nitrogen and oxygen atoms in total. The number of esters is 3. The number of hydrogen-bond acceptors (Lipinski definition) is 11. The SMILES string of the molecule is CC/C=C\C/C=C\C/C=C\C/C=C\CCCCCCCCC(=O)OCC(COC1OC(C(=O)O)C(O)C(O)C1OC(=O)CCCCCCCC/C=C\C/C=C\C/C=C\CCCCC)OC(=O)CCCCCCCCCCC/C=C\C/C=C\CCCCC. The summed E-state index contributed by atoms with van der Waals surface area (Å²) < 4.78 is 28.6. The molecule has 0 bridgehead atoms. The van der Waals surface area contributed by atoms with Crippen LogP contribution in [-0.4, -0.2) is 89.2 Å². The van der Waals surface area contributed by atoms with Gasteiger partial charge in [0, 0.05) is 19.3 Å². The van der Waals surface area contributed by atoms with Crippen LogP contribution in [-0.2, 0) is 42.9 Å². The van der Waals surface area contributed by atoms with Crippen LogP contribution in [0.2, 0.25) is 0 Å². The molecule has 0 aromatic heterocycles. The summed E-state index contributed by atoms with van der Waals surface area (Å²) in [4.78, 5) is 51.5. The Bertz CT molecular complexity index is 1930. The highest BCUT2D eigenvalue weighted by atomic mass is 16.7. The average Bonchev–Trinajstić information content (AvgIpc) is 2.56. The molecule has 0 saturated carbocycles. The number of carbonyl (C=O) groups is 4. The van der Waals surface area contributed by atoms with Crippen molar-refractivity contribution in [2.24, 2.45) is 0 Å². The lowest BCUT2D eigenvalue weighted by Gasteiger charge is -2.40. The third-order valence-corrected chi connectivity index (χ3v) is 15.3. The average molecular weight is 1220 g/mol. The molecule has 1 heterocycles. The van der Waals surface area contributed by atoms with Gasteiger partial charge in [-0.2, -0.15) is 0 Å². The Morgan fingerprint density at radius 2 is 0.724 bits per heavy atom.